The molecule has 0 saturated carbocycles. The maximum Gasteiger partial charge on any atom is 0.343 e. The van der Waals surface area contributed by atoms with E-state index >= 15 is 0 Å². The van der Waals surface area contributed by atoms with Crippen molar-refractivity contribution in [3.63, 3.8) is 0 Å². The van der Waals surface area contributed by atoms with E-state index in [0.29, 0.717) is 11.3 Å². The molecular weight excluding hydrogens is 452 g/mol. The number of carbonyl (C=O) groups excluding carboxylic acids is 1. The minimum absolute atomic E-state index is 0.0139. The van der Waals surface area contributed by atoms with Crippen LogP contribution in [0, 0.1) is 0 Å². The van der Waals surface area contributed by atoms with Crippen LogP contribution in [0.3, 0.4) is 0 Å². The lowest BCUT2D eigenvalue weighted by atomic mass is 10.0. The second-order valence-electron chi connectivity index (χ2n) is 8.37. The van der Waals surface area contributed by atoms with Crippen LogP contribution in [0.2, 0.25) is 0 Å². The number of para-hydroxylation sites is 1. The monoisotopic (exact) mass is 474 g/mol. The largest absolute Gasteiger partial charge is 0.343 e. The van der Waals surface area contributed by atoms with Crippen molar-refractivity contribution in [1.29, 1.82) is 0 Å². The van der Waals surface area contributed by atoms with Crippen LogP contribution in [0.25, 0.3) is 5.65 Å². The van der Waals surface area contributed by atoms with Crippen LogP contribution in [-0.4, -0.2) is 23.8 Å². The predicted octanol–water partition coefficient (Wildman–Crippen LogP) is 4.15. The molecule has 0 bridgehead atoms. The molecule has 8 nitrogen and oxygen atoms in total. The number of fused-ring (bicyclic) bond motifs is 2. The Bertz CT molecular complexity index is 1580. The number of nitrogens with zero attached hydrogens (tertiary/aromatic N) is 4. The zero-order chi connectivity index (χ0) is 24.0. The van der Waals surface area contributed by atoms with Gasteiger partial charge in [0.2, 0.25) is 0 Å². The van der Waals surface area contributed by atoms with Gasteiger partial charge in [-0.3, -0.25) is 14.1 Å². The summed E-state index contributed by atoms with van der Waals surface area (Å²) in [4.78, 5) is 32.1. The molecular formula is C25H22N4O4S. The third-order valence-corrected chi connectivity index (χ3v) is 7.57. The van der Waals surface area contributed by atoms with Crippen LogP contribution in [0.4, 0.5) is 16.2 Å². The van der Waals surface area contributed by atoms with E-state index in [9.17, 15) is 18.0 Å². The summed E-state index contributed by atoms with van der Waals surface area (Å²) in [5.74, 6) is 0.262. The van der Waals surface area contributed by atoms with E-state index in [1.807, 2.05) is 26.0 Å². The number of benzene rings is 2. The molecule has 1 aliphatic heterocycles. The van der Waals surface area contributed by atoms with Crippen molar-refractivity contribution in [3.8, 4) is 0 Å². The molecule has 3 heterocycles. The molecule has 0 saturated heterocycles. The van der Waals surface area contributed by atoms with Gasteiger partial charge in [-0.1, -0.05) is 44.2 Å². The molecule has 0 fully saturated rings. The fourth-order valence-corrected chi connectivity index (χ4v) is 5.65. The zero-order valence-electron chi connectivity index (χ0n) is 18.6. The molecule has 1 aliphatic rings. The van der Waals surface area contributed by atoms with Gasteiger partial charge in [0, 0.05) is 12.3 Å². The molecule has 0 N–H and O–H groups in total. The molecule has 2 aromatic heterocycles. The minimum Gasteiger partial charge on any atom is -0.286 e. The summed E-state index contributed by atoms with van der Waals surface area (Å²) < 4.78 is 29.2. The van der Waals surface area contributed by atoms with Gasteiger partial charge < -0.3 is 0 Å². The van der Waals surface area contributed by atoms with Gasteiger partial charge in [0.05, 0.1) is 23.6 Å². The van der Waals surface area contributed by atoms with Crippen LogP contribution >= 0.6 is 0 Å². The van der Waals surface area contributed by atoms with Crippen molar-refractivity contribution in [2.24, 2.45) is 0 Å². The first-order valence-corrected chi connectivity index (χ1v) is 12.2. The molecule has 5 rings (SSSR count). The highest BCUT2D eigenvalue weighted by atomic mass is 32.2. The minimum atomic E-state index is -4.13. The highest BCUT2D eigenvalue weighted by molar-refractivity contribution is 7.94. The van der Waals surface area contributed by atoms with Gasteiger partial charge in [0.25, 0.3) is 15.6 Å². The third-order valence-electron chi connectivity index (χ3n) is 5.82. The molecule has 0 radical (unpaired) electrons. The fraction of sp³-hybridized carbons (Fsp3) is 0.160. The average molecular weight is 475 g/mol. The molecule has 9 heteroatoms. The van der Waals surface area contributed by atoms with Crippen LogP contribution in [0.5, 0.6) is 0 Å². The first kappa shape index (κ1) is 21.8. The van der Waals surface area contributed by atoms with E-state index in [2.05, 4.69) is 4.98 Å². The highest BCUT2D eigenvalue weighted by Gasteiger charge is 2.42. The van der Waals surface area contributed by atoms with Crippen LogP contribution in [-0.2, 0) is 16.6 Å². The van der Waals surface area contributed by atoms with Crippen molar-refractivity contribution >= 4 is 33.1 Å². The quantitative estimate of drug-likeness (QED) is 0.443. The first-order valence-electron chi connectivity index (χ1n) is 10.8. The Balaban J connectivity index is 1.62. The normalized spacial score (nSPS) is 15.1. The van der Waals surface area contributed by atoms with Crippen LogP contribution < -0.4 is 14.8 Å². The lowest BCUT2D eigenvalue weighted by Crippen LogP contribution is -2.50. The summed E-state index contributed by atoms with van der Waals surface area (Å²) in [6.07, 6.45) is 1.62. The van der Waals surface area contributed by atoms with E-state index in [-0.39, 0.29) is 34.3 Å². The van der Waals surface area contributed by atoms with Crippen molar-refractivity contribution in [2.45, 2.75) is 31.2 Å². The smallest absolute Gasteiger partial charge is 0.286 e. The van der Waals surface area contributed by atoms with Gasteiger partial charge in [-0.2, -0.15) is 4.31 Å². The van der Waals surface area contributed by atoms with Gasteiger partial charge in [-0.25, -0.2) is 18.2 Å². The van der Waals surface area contributed by atoms with E-state index < -0.39 is 16.1 Å². The van der Waals surface area contributed by atoms with Crippen LogP contribution in [0.15, 0.2) is 88.7 Å². The standard InChI is InChI=1S/C25H22N4O4S/c1-17(2)18-10-12-20(13-11-18)29-25(31)28(21-7-3-4-8-22(21)34(29,32)33)16-19-15-24(30)27-14-6-5-9-23(27)26-19/h3-15,17H,16H2,1-2H3. The van der Waals surface area contributed by atoms with E-state index in [1.54, 1.807) is 54.7 Å². The Morgan fingerprint density at radius 1 is 0.912 bits per heavy atom. The lowest BCUT2D eigenvalue weighted by Gasteiger charge is -2.36. The van der Waals surface area contributed by atoms with Gasteiger partial charge in [-0.05, 0) is 47.9 Å². The van der Waals surface area contributed by atoms with Gasteiger partial charge in [0.1, 0.15) is 10.5 Å². The van der Waals surface area contributed by atoms with E-state index in [0.717, 1.165) is 9.87 Å². The molecule has 4 aromatic rings. The number of hydrogen-bond donors (Lipinski definition) is 0. The molecule has 34 heavy (non-hydrogen) atoms. The van der Waals surface area contributed by atoms with Crippen molar-refractivity contribution < 1.29 is 13.2 Å². The lowest BCUT2D eigenvalue weighted by molar-refractivity contribution is 0.253. The number of amides is 2. The van der Waals surface area contributed by atoms with E-state index in [1.165, 1.54) is 21.4 Å². The maximum atomic E-state index is 13.6. The van der Waals surface area contributed by atoms with Gasteiger partial charge >= 0.3 is 6.03 Å². The van der Waals surface area contributed by atoms with Crippen molar-refractivity contribution in [1.82, 2.24) is 9.38 Å². The summed E-state index contributed by atoms with van der Waals surface area (Å²) in [7, 11) is -4.13. The van der Waals surface area contributed by atoms with Gasteiger partial charge in [0.15, 0.2) is 0 Å². The summed E-state index contributed by atoms with van der Waals surface area (Å²) in [5, 5.41) is 0. The first-order chi connectivity index (χ1) is 16.3. The summed E-state index contributed by atoms with van der Waals surface area (Å²) in [6.45, 7) is 4.01. The summed E-state index contributed by atoms with van der Waals surface area (Å²) in [6, 6.07) is 19.1. The van der Waals surface area contributed by atoms with Crippen molar-refractivity contribution in [3.05, 3.63) is 101 Å². The topological polar surface area (TPSA) is 92.1 Å². The number of aromatic nitrogens is 2. The number of anilines is 2. The molecule has 0 aliphatic carbocycles. The third kappa shape index (κ3) is 3.54. The Hall–Kier alpha value is -3.98. The Morgan fingerprint density at radius 3 is 2.35 bits per heavy atom. The highest BCUT2D eigenvalue weighted by Crippen LogP contribution is 2.38. The zero-order valence-corrected chi connectivity index (χ0v) is 19.4. The molecule has 2 amide bonds. The molecule has 0 unspecified atom stereocenters. The number of sulfonamides is 1. The maximum absolute atomic E-state index is 13.6. The number of pyridine rings is 1. The van der Waals surface area contributed by atoms with Gasteiger partial charge in [-0.15, -0.1) is 0 Å². The molecule has 0 atom stereocenters. The number of urea groups is 1. The van der Waals surface area contributed by atoms with Crippen molar-refractivity contribution in [2.75, 3.05) is 9.21 Å². The SMILES string of the molecule is CC(C)c1ccc(N2C(=O)N(Cc3cc(=O)n4ccccc4n3)c3ccccc3S2(=O)=O)cc1. The Morgan fingerprint density at radius 2 is 1.62 bits per heavy atom. The van der Waals surface area contributed by atoms with Crippen LogP contribution in [0.1, 0.15) is 31.0 Å². The number of carbonyl (C=O) groups is 1. The molecule has 0 spiro atoms. The predicted molar refractivity (Wildman–Crippen MR) is 130 cm³/mol. The summed E-state index contributed by atoms with van der Waals surface area (Å²) in [5.41, 5.74) is 2.04. The number of rotatable bonds is 4. The second kappa shape index (κ2) is 8.11. The molecule has 2 aromatic carbocycles. The number of hydrogen-bond acceptors (Lipinski definition) is 5. The van der Waals surface area contributed by atoms with E-state index in [4.69, 9.17) is 0 Å². The fourth-order valence-electron chi connectivity index (χ4n) is 4.05. The Kier molecular flexibility index (Phi) is 5.21. The summed E-state index contributed by atoms with van der Waals surface area (Å²) >= 11 is 0. The second-order valence-corrected chi connectivity index (χ2v) is 10.1. The Labute approximate surface area is 196 Å². The average Bonchev–Trinajstić information content (AvgIpc) is 2.82. The molecule has 172 valence electrons.